The number of carbonyl (C=O) groups excluding carboxylic acids is 1. The second kappa shape index (κ2) is 6.38. The van der Waals surface area contributed by atoms with Crippen molar-refractivity contribution in [2.75, 3.05) is 19.8 Å². The third-order valence-corrected chi connectivity index (χ3v) is 3.20. The van der Waals surface area contributed by atoms with E-state index in [9.17, 15) is 9.90 Å². The van der Waals surface area contributed by atoms with E-state index in [0.717, 1.165) is 19.3 Å². The van der Waals surface area contributed by atoms with Crippen LogP contribution in [-0.2, 0) is 4.74 Å². The number of piperidine rings is 1. The second-order valence-corrected chi connectivity index (χ2v) is 5.91. The lowest BCUT2D eigenvalue weighted by atomic mass is 9.89. The van der Waals surface area contributed by atoms with E-state index in [4.69, 9.17) is 9.84 Å². The quantitative estimate of drug-likeness (QED) is 0.803. The van der Waals surface area contributed by atoms with Gasteiger partial charge in [0.1, 0.15) is 5.60 Å². The highest BCUT2D eigenvalue weighted by atomic mass is 16.6. The zero-order valence-electron chi connectivity index (χ0n) is 11.6. The molecule has 18 heavy (non-hydrogen) atoms. The summed E-state index contributed by atoms with van der Waals surface area (Å²) in [7, 11) is 0. The second-order valence-electron chi connectivity index (χ2n) is 5.91. The first-order valence-electron chi connectivity index (χ1n) is 6.58. The standard InChI is InChI=1S/C13H25NO4/c1-13(2,3)18-12(17)14-6-4-10(5-7-15)8-11(14)9-16/h10-11,15-16H,4-9H2,1-3H3/t10?,11-/m0/s1. The van der Waals surface area contributed by atoms with Gasteiger partial charge in [-0.3, -0.25) is 0 Å². The monoisotopic (exact) mass is 259 g/mol. The van der Waals surface area contributed by atoms with Crippen LogP contribution in [0.15, 0.2) is 0 Å². The van der Waals surface area contributed by atoms with Crippen molar-refractivity contribution in [3.05, 3.63) is 0 Å². The zero-order valence-corrected chi connectivity index (χ0v) is 11.6. The van der Waals surface area contributed by atoms with Crippen LogP contribution in [0.2, 0.25) is 0 Å². The lowest BCUT2D eigenvalue weighted by Crippen LogP contribution is -2.49. The number of aliphatic hydroxyl groups excluding tert-OH is 2. The lowest BCUT2D eigenvalue weighted by Gasteiger charge is -2.39. The molecule has 1 rings (SSSR count). The highest BCUT2D eigenvalue weighted by molar-refractivity contribution is 5.68. The Morgan fingerprint density at radius 1 is 1.39 bits per heavy atom. The molecule has 0 spiro atoms. The summed E-state index contributed by atoms with van der Waals surface area (Å²) in [6.07, 6.45) is 1.97. The molecule has 2 atom stereocenters. The number of rotatable bonds is 3. The summed E-state index contributed by atoms with van der Waals surface area (Å²) in [5.74, 6) is 0.380. The summed E-state index contributed by atoms with van der Waals surface area (Å²) in [4.78, 5) is 13.6. The maximum Gasteiger partial charge on any atom is 0.410 e. The smallest absolute Gasteiger partial charge is 0.410 e. The molecule has 1 heterocycles. The van der Waals surface area contributed by atoms with Crippen molar-refractivity contribution in [2.45, 2.75) is 51.7 Å². The van der Waals surface area contributed by atoms with Gasteiger partial charge < -0.3 is 19.8 Å². The fraction of sp³-hybridized carbons (Fsp3) is 0.923. The van der Waals surface area contributed by atoms with E-state index in [2.05, 4.69) is 0 Å². The Morgan fingerprint density at radius 2 is 2.06 bits per heavy atom. The number of nitrogens with zero attached hydrogens (tertiary/aromatic N) is 1. The normalized spacial score (nSPS) is 25.1. The van der Waals surface area contributed by atoms with E-state index in [1.165, 1.54) is 0 Å². The van der Waals surface area contributed by atoms with Gasteiger partial charge in [0.05, 0.1) is 12.6 Å². The molecule has 1 aliphatic heterocycles. The van der Waals surface area contributed by atoms with Crippen molar-refractivity contribution in [3.63, 3.8) is 0 Å². The first kappa shape index (κ1) is 15.2. The van der Waals surface area contributed by atoms with Crippen molar-refractivity contribution in [2.24, 2.45) is 5.92 Å². The molecule has 1 aliphatic rings. The number of hydrogen-bond donors (Lipinski definition) is 2. The van der Waals surface area contributed by atoms with Gasteiger partial charge in [0.25, 0.3) is 0 Å². The van der Waals surface area contributed by atoms with Crippen LogP contribution in [-0.4, -0.2) is 52.6 Å². The highest BCUT2D eigenvalue weighted by Crippen LogP contribution is 2.26. The van der Waals surface area contributed by atoms with Crippen molar-refractivity contribution < 1.29 is 19.7 Å². The predicted molar refractivity (Wildman–Crippen MR) is 68.2 cm³/mol. The molecule has 0 aromatic heterocycles. The van der Waals surface area contributed by atoms with E-state index in [-0.39, 0.29) is 25.3 Å². The summed E-state index contributed by atoms with van der Waals surface area (Å²) in [5, 5.41) is 18.3. The molecule has 5 nitrogen and oxygen atoms in total. The maximum absolute atomic E-state index is 12.0. The summed E-state index contributed by atoms with van der Waals surface area (Å²) >= 11 is 0. The van der Waals surface area contributed by atoms with Crippen LogP contribution in [0, 0.1) is 5.92 Å². The summed E-state index contributed by atoms with van der Waals surface area (Å²) < 4.78 is 5.33. The van der Waals surface area contributed by atoms with Gasteiger partial charge in [0.15, 0.2) is 0 Å². The zero-order chi connectivity index (χ0) is 13.8. The number of carbonyl (C=O) groups is 1. The first-order valence-corrected chi connectivity index (χ1v) is 6.58. The van der Waals surface area contributed by atoms with Crippen LogP contribution in [0.25, 0.3) is 0 Å². The molecule has 0 aromatic carbocycles. The molecule has 0 aliphatic carbocycles. The van der Waals surface area contributed by atoms with E-state index in [1.807, 2.05) is 20.8 Å². The average molecular weight is 259 g/mol. The third kappa shape index (κ3) is 4.46. The maximum atomic E-state index is 12.0. The molecular formula is C13H25NO4. The van der Waals surface area contributed by atoms with Crippen LogP contribution in [0.3, 0.4) is 0 Å². The molecule has 0 aromatic rings. The van der Waals surface area contributed by atoms with Crippen LogP contribution < -0.4 is 0 Å². The van der Waals surface area contributed by atoms with Crippen molar-refractivity contribution in [3.8, 4) is 0 Å². The summed E-state index contributed by atoms with van der Waals surface area (Å²) in [5.41, 5.74) is -0.515. The molecule has 106 valence electrons. The van der Waals surface area contributed by atoms with Crippen LogP contribution in [0.5, 0.6) is 0 Å². The Hall–Kier alpha value is -0.810. The third-order valence-electron chi connectivity index (χ3n) is 3.20. The minimum absolute atomic E-state index is 0.0544. The minimum atomic E-state index is -0.515. The van der Waals surface area contributed by atoms with Crippen molar-refractivity contribution >= 4 is 6.09 Å². The Morgan fingerprint density at radius 3 is 2.56 bits per heavy atom. The van der Waals surface area contributed by atoms with E-state index in [0.29, 0.717) is 12.5 Å². The summed E-state index contributed by atoms with van der Waals surface area (Å²) in [6.45, 7) is 6.19. The number of ether oxygens (including phenoxy) is 1. The van der Waals surface area contributed by atoms with Gasteiger partial charge in [0, 0.05) is 13.2 Å². The fourth-order valence-electron chi connectivity index (χ4n) is 2.31. The van der Waals surface area contributed by atoms with Crippen molar-refractivity contribution in [1.82, 2.24) is 4.90 Å². The van der Waals surface area contributed by atoms with Gasteiger partial charge in [-0.25, -0.2) is 4.79 Å². The minimum Gasteiger partial charge on any atom is -0.444 e. The summed E-state index contributed by atoms with van der Waals surface area (Å²) in [6, 6.07) is -0.190. The first-order chi connectivity index (χ1) is 8.37. The van der Waals surface area contributed by atoms with E-state index in [1.54, 1.807) is 4.90 Å². The lowest BCUT2D eigenvalue weighted by molar-refractivity contribution is -0.00607. The Kier molecular flexibility index (Phi) is 5.41. The molecule has 1 unspecified atom stereocenters. The largest absolute Gasteiger partial charge is 0.444 e. The Balaban J connectivity index is 2.58. The molecule has 1 fully saturated rings. The van der Waals surface area contributed by atoms with Gasteiger partial charge in [-0.15, -0.1) is 0 Å². The van der Waals surface area contributed by atoms with Crippen LogP contribution in [0.1, 0.15) is 40.0 Å². The van der Waals surface area contributed by atoms with Gasteiger partial charge in [-0.05, 0) is 46.0 Å². The van der Waals surface area contributed by atoms with Crippen LogP contribution >= 0.6 is 0 Å². The molecule has 5 heteroatoms. The Bertz CT molecular complexity index is 275. The average Bonchev–Trinajstić information content (AvgIpc) is 2.27. The molecule has 0 radical (unpaired) electrons. The predicted octanol–water partition coefficient (Wildman–Crippen LogP) is 1.38. The molecule has 1 saturated heterocycles. The fourth-order valence-corrected chi connectivity index (χ4v) is 2.31. The van der Waals surface area contributed by atoms with E-state index >= 15 is 0 Å². The van der Waals surface area contributed by atoms with Crippen LogP contribution in [0.4, 0.5) is 4.79 Å². The van der Waals surface area contributed by atoms with Gasteiger partial charge in [0.2, 0.25) is 0 Å². The molecule has 1 amide bonds. The molecule has 0 saturated carbocycles. The molecule has 2 N–H and O–H groups in total. The molecular weight excluding hydrogens is 234 g/mol. The van der Waals surface area contributed by atoms with Gasteiger partial charge in [-0.1, -0.05) is 0 Å². The number of hydrogen-bond acceptors (Lipinski definition) is 4. The number of likely N-dealkylation sites (tertiary alicyclic amines) is 1. The van der Waals surface area contributed by atoms with Gasteiger partial charge >= 0.3 is 6.09 Å². The Labute approximate surface area is 109 Å². The van der Waals surface area contributed by atoms with Gasteiger partial charge in [-0.2, -0.15) is 0 Å². The SMILES string of the molecule is CC(C)(C)OC(=O)N1CCC(CCO)C[C@H]1CO. The van der Waals surface area contributed by atoms with Crippen molar-refractivity contribution in [1.29, 1.82) is 0 Å². The number of amides is 1. The van der Waals surface area contributed by atoms with E-state index < -0.39 is 5.60 Å². The topological polar surface area (TPSA) is 70.0 Å². The number of aliphatic hydroxyl groups is 2. The highest BCUT2D eigenvalue weighted by Gasteiger charge is 2.33. The molecule has 0 bridgehead atoms.